The molecule has 2 aromatic rings. The zero-order valence-corrected chi connectivity index (χ0v) is 12.8. The van der Waals surface area contributed by atoms with E-state index in [9.17, 15) is 13.6 Å². The number of methoxy groups -OCH3 is 1. The van der Waals surface area contributed by atoms with E-state index in [4.69, 9.17) is 4.74 Å². The van der Waals surface area contributed by atoms with Gasteiger partial charge in [0.2, 0.25) is 5.91 Å². The van der Waals surface area contributed by atoms with Crippen LogP contribution >= 0.6 is 11.8 Å². The number of ether oxygens (including phenoxy) is 1. The van der Waals surface area contributed by atoms with Crippen molar-refractivity contribution in [3.8, 4) is 5.75 Å². The number of amides is 1. The Hall–Kier alpha value is -2.08. The fourth-order valence-corrected chi connectivity index (χ4v) is 2.56. The number of nitrogens with one attached hydrogen (secondary N) is 1. The minimum atomic E-state index is -0.535. The maximum absolute atomic E-state index is 13.4. The molecule has 2 rings (SSSR count). The second-order valence-electron chi connectivity index (χ2n) is 4.49. The molecule has 6 heteroatoms. The molecule has 0 unspecified atom stereocenters. The number of thioether (sulfide) groups is 1. The Morgan fingerprint density at radius 1 is 1.23 bits per heavy atom. The molecule has 1 N–H and O–H groups in total. The molecule has 0 aromatic heterocycles. The fourth-order valence-electron chi connectivity index (χ4n) is 1.77. The van der Waals surface area contributed by atoms with Crippen LogP contribution < -0.4 is 10.1 Å². The minimum absolute atomic E-state index is 0.0182. The number of benzene rings is 2. The number of hydrogen-bond acceptors (Lipinski definition) is 3. The van der Waals surface area contributed by atoms with Gasteiger partial charge in [-0.2, -0.15) is 0 Å². The Morgan fingerprint density at radius 3 is 2.82 bits per heavy atom. The van der Waals surface area contributed by atoms with Crippen LogP contribution in [0.3, 0.4) is 0 Å². The molecule has 0 saturated heterocycles. The molecule has 116 valence electrons. The van der Waals surface area contributed by atoms with Crippen LogP contribution in [0.15, 0.2) is 47.4 Å². The highest BCUT2D eigenvalue weighted by molar-refractivity contribution is 8.00. The van der Waals surface area contributed by atoms with Gasteiger partial charge in [0.15, 0.2) is 0 Å². The van der Waals surface area contributed by atoms with Crippen LogP contribution in [-0.2, 0) is 11.3 Å². The highest BCUT2D eigenvalue weighted by atomic mass is 32.2. The molecule has 0 saturated carbocycles. The van der Waals surface area contributed by atoms with Gasteiger partial charge in [0.05, 0.1) is 12.9 Å². The lowest BCUT2D eigenvalue weighted by atomic mass is 10.2. The summed E-state index contributed by atoms with van der Waals surface area (Å²) < 4.78 is 31.5. The Bertz CT molecular complexity index is 664. The predicted octanol–water partition coefficient (Wildman–Crippen LogP) is 3.38. The van der Waals surface area contributed by atoms with Gasteiger partial charge in [-0.05, 0) is 35.9 Å². The standard InChI is InChI=1S/C16H15F2NO2S/c1-21-13-4-2-3-11(7-13)9-19-16(20)10-22-15-8-12(17)5-6-14(15)18/h2-8H,9-10H2,1H3,(H,19,20). The first kappa shape index (κ1) is 16.3. The lowest BCUT2D eigenvalue weighted by Gasteiger charge is -2.07. The summed E-state index contributed by atoms with van der Waals surface area (Å²) in [5.41, 5.74) is 0.898. The molecule has 2 aromatic carbocycles. The molecular formula is C16H15F2NO2S. The smallest absolute Gasteiger partial charge is 0.230 e. The van der Waals surface area contributed by atoms with Crippen molar-refractivity contribution in [3.05, 3.63) is 59.7 Å². The van der Waals surface area contributed by atoms with Gasteiger partial charge in [0, 0.05) is 11.4 Å². The highest BCUT2D eigenvalue weighted by Crippen LogP contribution is 2.22. The quantitative estimate of drug-likeness (QED) is 0.828. The fraction of sp³-hybridized carbons (Fsp3) is 0.188. The maximum atomic E-state index is 13.4. The molecule has 0 aliphatic rings. The van der Waals surface area contributed by atoms with E-state index >= 15 is 0 Å². The van der Waals surface area contributed by atoms with Crippen molar-refractivity contribution in [2.75, 3.05) is 12.9 Å². The molecule has 0 spiro atoms. The van der Waals surface area contributed by atoms with Crippen LogP contribution in [0.1, 0.15) is 5.56 Å². The van der Waals surface area contributed by atoms with Crippen LogP contribution in [0, 0.1) is 11.6 Å². The van der Waals surface area contributed by atoms with Gasteiger partial charge in [-0.1, -0.05) is 12.1 Å². The van der Waals surface area contributed by atoms with E-state index in [0.29, 0.717) is 12.3 Å². The van der Waals surface area contributed by atoms with Crippen molar-refractivity contribution < 1.29 is 18.3 Å². The topological polar surface area (TPSA) is 38.3 Å². The zero-order valence-electron chi connectivity index (χ0n) is 11.9. The van der Waals surface area contributed by atoms with E-state index in [1.54, 1.807) is 7.11 Å². The molecule has 22 heavy (non-hydrogen) atoms. The molecular weight excluding hydrogens is 308 g/mol. The minimum Gasteiger partial charge on any atom is -0.497 e. The summed E-state index contributed by atoms with van der Waals surface area (Å²) in [4.78, 5) is 11.9. The van der Waals surface area contributed by atoms with Gasteiger partial charge < -0.3 is 10.1 Å². The predicted molar refractivity (Wildman–Crippen MR) is 81.9 cm³/mol. The lowest BCUT2D eigenvalue weighted by molar-refractivity contribution is -0.118. The third kappa shape index (κ3) is 4.73. The van der Waals surface area contributed by atoms with E-state index in [-0.39, 0.29) is 16.6 Å². The third-order valence-corrected chi connectivity index (χ3v) is 3.91. The normalized spacial score (nSPS) is 10.3. The largest absolute Gasteiger partial charge is 0.497 e. The molecule has 0 heterocycles. The Morgan fingerprint density at radius 2 is 2.05 bits per heavy atom. The van der Waals surface area contributed by atoms with Crippen molar-refractivity contribution in [2.45, 2.75) is 11.4 Å². The molecule has 0 aliphatic heterocycles. The lowest BCUT2D eigenvalue weighted by Crippen LogP contribution is -2.24. The third-order valence-electron chi connectivity index (χ3n) is 2.88. The van der Waals surface area contributed by atoms with Gasteiger partial charge in [-0.25, -0.2) is 8.78 Å². The number of carbonyl (C=O) groups excluding carboxylic acids is 1. The number of halogens is 2. The van der Waals surface area contributed by atoms with E-state index in [1.807, 2.05) is 24.3 Å². The summed E-state index contributed by atoms with van der Waals surface area (Å²) in [5.74, 6) is -0.586. The van der Waals surface area contributed by atoms with E-state index in [1.165, 1.54) is 0 Å². The average Bonchev–Trinajstić information content (AvgIpc) is 2.54. The second kappa shape index (κ2) is 7.79. The van der Waals surface area contributed by atoms with Crippen LogP contribution in [0.5, 0.6) is 5.75 Å². The molecule has 0 fully saturated rings. The summed E-state index contributed by atoms with van der Waals surface area (Å²) in [6.45, 7) is 0.349. The van der Waals surface area contributed by atoms with Gasteiger partial charge in [0.25, 0.3) is 0 Å². The zero-order chi connectivity index (χ0) is 15.9. The monoisotopic (exact) mass is 323 g/mol. The molecule has 0 aliphatic carbocycles. The van der Waals surface area contributed by atoms with Crippen molar-refractivity contribution in [1.82, 2.24) is 5.32 Å². The van der Waals surface area contributed by atoms with Crippen LogP contribution in [-0.4, -0.2) is 18.8 Å². The van der Waals surface area contributed by atoms with Crippen LogP contribution in [0.25, 0.3) is 0 Å². The number of rotatable bonds is 6. The first-order chi connectivity index (χ1) is 10.6. The molecule has 0 radical (unpaired) electrons. The molecule has 0 atom stereocenters. The van der Waals surface area contributed by atoms with E-state index < -0.39 is 11.6 Å². The Balaban J connectivity index is 1.84. The van der Waals surface area contributed by atoms with E-state index in [2.05, 4.69) is 5.32 Å². The first-order valence-electron chi connectivity index (χ1n) is 6.56. The van der Waals surface area contributed by atoms with Crippen LogP contribution in [0.2, 0.25) is 0 Å². The van der Waals surface area contributed by atoms with Crippen molar-refractivity contribution in [2.24, 2.45) is 0 Å². The molecule has 1 amide bonds. The Kier molecular flexibility index (Phi) is 5.77. The maximum Gasteiger partial charge on any atom is 0.230 e. The van der Waals surface area contributed by atoms with Crippen molar-refractivity contribution >= 4 is 17.7 Å². The number of carbonyl (C=O) groups is 1. The SMILES string of the molecule is COc1cccc(CNC(=O)CSc2cc(F)ccc2F)c1. The van der Waals surface area contributed by atoms with E-state index in [0.717, 1.165) is 35.5 Å². The summed E-state index contributed by atoms with van der Waals surface area (Å²) in [7, 11) is 1.57. The van der Waals surface area contributed by atoms with Gasteiger partial charge in [-0.15, -0.1) is 11.8 Å². The van der Waals surface area contributed by atoms with Crippen molar-refractivity contribution in [1.29, 1.82) is 0 Å². The average molecular weight is 323 g/mol. The summed E-state index contributed by atoms with van der Waals surface area (Å²) in [6, 6.07) is 10.5. The van der Waals surface area contributed by atoms with Crippen LogP contribution in [0.4, 0.5) is 8.78 Å². The summed E-state index contributed by atoms with van der Waals surface area (Å²) >= 11 is 0.960. The van der Waals surface area contributed by atoms with Gasteiger partial charge in [0.1, 0.15) is 17.4 Å². The second-order valence-corrected chi connectivity index (χ2v) is 5.51. The summed E-state index contributed by atoms with van der Waals surface area (Å²) in [6.07, 6.45) is 0. The van der Waals surface area contributed by atoms with Gasteiger partial charge >= 0.3 is 0 Å². The summed E-state index contributed by atoms with van der Waals surface area (Å²) in [5, 5.41) is 2.72. The Labute approximate surface area is 131 Å². The first-order valence-corrected chi connectivity index (χ1v) is 7.54. The van der Waals surface area contributed by atoms with Crippen molar-refractivity contribution in [3.63, 3.8) is 0 Å². The number of hydrogen-bond donors (Lipinski definition) is 1. The molecule has 3 nitrogen and oxygen atoms in total. The molecule has 0 bridgehead atoms. The highest BCUT2D eigenvalue weighted by Gasteiger charge is 2.08. The van der Waals surface area contributed by atoms with Gasteiger partial charge in [-0.3, -0.25) is 4.79 Å².